The molecule has 0 bridgehead atoms. The first-order chi connectivity index (χ1) is 12.5. The summed E-state index contributed by atoms with van der Waals surface area (Å²) in [6.45, 7) is 3.83. The number of hydrogen-bond acceptors (Lipinski definition) is 5. The molecule has 3 rings (SSSR count). The first kappa shape index (κ1) is 17.8. The highest BCUT2D eigenvalue weighted by Crippen LogP contribution is 2.32. The van der Waals surface area contributed by atoms with Crippen molar-refractivity contribution in [1.82, 2.24) is 0 Å². The topological polar surface area (TPSA) is 73.9 Å². The van der Waals surface area contributed by atoms with Crippen LogP contribution in [0.25, 0.3) is 0 Å². The van der Waals surface area contributed by atoms with Crippen molar-refractivity contribution in [3.8, 4) is 11.5 Å². The number of anilines is 1. The Labute approximate surface area is 152 Å². The monoisotopic (exact) mass is 355 g/mol. The Kier molecular flexibility index (Phi) is 5.41. The fourth-order valence-electron chi connectivity index (χ4n) is 2.63. The molecule has 26 heavy (non-hydrogen) atoms. The predicted molar refractivity (Wildman–Crippen MR) is 96.4 cm³/mol. The van der Waals surface area contributed by atoms with E-state index in [4.69, 9.17) is 14.2 Å². The number of benzene rings is 2. The van der Waals surface area contributed by atoms with Gasteiger partial charge in [0.05, 0.1) is 0 Å². The van der Waals surface area contributed by atoms with Gasteiger partial charge in [0.2, 0.25) is 6.79 Å². The van der Waals surface area contributed by atoms with Gasteiger partial charge in [-0.1, -0.05) is 18.2 Å². The van der Waals surface area contributed by atoms with Crippen LogP contribution in [0, 0.1) is 13.8 Å². The molecule has 0 saturated carbocycles. The highest BCUT2D eigenvalue weighted by atomic mass is 16.7. The van der Waals surface area contributed by atoms with Crippen molar-refractivity contribution in [2.75, 3.05) is 18.7 Å². The molecule has 0 unspecified atom stereocenters. The maximum atomic E-state index is 12.0. The summed E-state index contributed by atoms with van der Waals surface area (Å²) in [4.78, 5) is 23.8. The number of carbonyl (C=O) groups excluding carboxylic acids is 2. The molecule has 1 heterocycles. The number of carbonyl (C=O) groups is 2. The maximum absolute atomic E-state index is 12.0. The summed E-state index contributed by atoms with van der Waals surface area (Å²) < 4.78 is 15.6. The highest BCUT2D eigenvalue weighted by molar-refractivity contribution is 5.93. The van der Waals surface area contributed by atoms with Gasteiger partial charge in [0.25, 0.3) is 5.91 Å². The lowest BCUT2D eigenvalue weighted by molar-refractivity contribution is -0.147. The van der Waals surface area contributed by atoms with Crippen LogP contribution in [0.4, 0.5) is 5.69 Å². The molecule has 6 nitrogen and oxygen atoms in total. The number of ether oxygens (including phenoxy) is 3. The summed E-state index contributed by atoms with van der Waals surface area (Å²) in [5.41, 5.74) is 3.76. The minimum atomic E-state index is -0.418. The Hall–Kier alpha value is -3.02. The van der Waals surface area contributed by atoms with Crippen molar-refractivity contribution in [2.45, 2.75) is 26.7 Å². The van der Waals surface area contributed by atoms with Crippen molar-refractivity contribution >= 4 is 17.6 Å². The number of hydrogen-bond donors (Lipinski definition) is 1. The lowest BCUT2D eigenvalue weighted by Crippen LogP contribution is -2.21. The van der Waals surface area contributed by atoms with Crippen molar-refractivity contribution in [2.24, 2.45) is 0 Å². The van der Waals surface area contributed by atoms with Crippen LogP contribution < -0.4 is 14.8 Å². The second kappa shape index (κ2) is 7.91. The van der Waals surface area contributed by atoms with E-state index in [-0.39, 0.29) is 25.7 Å². The third kappa shape index (κ3) is 4.33. The van der Waals surface area contributed by atoms with Gasteiger partial charge in [-0.2, -0.15) is 0 Å². The van der Waals surface area contributed by atoms with Crippen LogP contribution in [-0.4, -0.2) is 25.3 Å². The van der Waals surface area contributed by atoms with E-state index in [0.717, 1.165) is 22.4 Å². The molecule has 6 heteroatoms. The van der Waals surface area contributed by atoms with Gasteiger partial charge in [-0.25, -0.2) is 0 Å². The van der Waals surface area contributed by atoms with E-state index >= 15 is 0 Å². The van der Waals surface area contributed by atoms with Gasteiger partial charge in [-0.3, -0.25) is 9.59 Å². The number of esters is 1. The molecule has 0 saturated heterocycles. The van der Waals surface area contributed by atoms with E-state index < -0.39 is 5.97 Å². The number of aryl methyl sites for hydroxylation is 2. The minimum Gasteiger partial charge on any atom is -0.456 e. The lowest BCUT2D eigenvalue weighted by Gasteiger charge is -2.10. The van der Waals surface area contributed by atoms with Crippen molar-refractivity contribution < 1.29 is 23.8 Å². The van der Waals surface area contributed by atoms with Crippen LogP contribution >= 0.6 is 0 Å². The summed E-state index contributed by atoms with van der Waals surface area (Å²) in [7, 11) is 0. The Morgan fingerprint density at radius 1 is 1.12 bits per heavy atom. The fourth-order valence-corrected chi connectivity index (χ4v) is 2.63. The summed E-state index contributed by atoms with van der Waals surface area (Å²) in [6, 6.07) is 11.2. The minimum absolute atomic E-state index is 0.191. The molecule has 136 valence electrons. The third-order valence-corrected chi connectivity index (χ3v) is 4.30. The van der Waals surface area contributed by atoms with Gasteiger partial charge < -0.3 is 19.5 Å². The summed E-state index contributed by atoms with van der Waals surface area (Å²) >= 11 is 0. The Balaban J connectivity index is 1.43. The molecule has 2 aromatic carbocycles. The Bertz CT molecular complexity index is 831. The van der Waals surface area contributed by atoms with Crippen molar-refractivity contribution in [1.29, 1.82) is 0 Å². The normalized spacial score (nSPS) is 11.9. The van der Waals surface area contributed by atoms with Crippen LogP contribution in [0.5, 0.6) is 11.5 Å². The zero-order valence-corrected chi connectivity index (χ0v) is 14.8. The SMILES string of the molecule is Cc1cccc(NC(=O)COC(=O)CCc2ccc3c(c2)OCO3)c1C. The molecule has 1 N–H and O–H groups in total. The van der Waals surface area contributed by atoms with Gasteiger partial charge in [-0.15, -0.1) is 0 Å². The van der Waals surface area contributed by atoms with E-state index in [9.17, 15) is 9.59 Å². The first-order valence-corrected chi connectivity index (χ1v) is 8.43. The summed E-state index contributed by atoms with van der Waals surface area (Å²) in [5.74, 6) is 0.622. The van der Waals surface area contributed by atoms with E-state index in [1.54, 1.807) is 0 Å². The molecule has 0 aliphatic carbocycles. The van der Waals surface area contributed by atoms with Crippen LogP contribution in [0.3, 0.4) is 0 Å². The summed E-state index contributed by atoms with van der Waals surface area (Å²) in [5, 5.41) is 2.76. The molecule has 0 aromatic heterocycles. The molecule has 1 amide bonds. The van der Waals surface area contributed by atoms with E-state index in [0.29, 0.717) is 17.9 Å². The molecule has 0 spiro atoms. The Morgan fingerprint density at radius 3 is 2.77 bits per heavy atom. The number of nitrogens with one attached hydrogen (secondary N) is 1. The van der Waals surface area contributed by atoms with E-state index in [1.165, 1.54) is 0 Å². The smallest absolute Gasteiger partial charge is 0.306 e. The van der Waals surface area contributed by atoms with E-state index in [2.05, 4.69) is 5.32 Å². The van der Waals surface area contributed by atoms with Crippen LogP contribution in [0.1, 0.15) is 23.1 Å². The second-order valence-corrected chi connectivity index (χ2v) is 6.14. The van der Waals surface area contributed by atoms with Gasteiger partial charge in [0.15, 0.2) is 18.1 Å². The molecule has 0 fully saturated rings. The largest absolute Gasteiger partial charge is 0.456 e. The fraction of sp³-hybridized carbons (Fsp3) is 0.300. The standard InChI is InChI=1S/C20H21NO5/c1-13-4-3-5-16(14(13)2)21-19(22)11-24-20(23)9-7-15-6-8-17-18(10-15)26-12-25-17/h3-6,8,10H,7,9,11-12H2,1-2H3,(H,21,22). The van der Waals surface area contributed by atoms with Crippen LogP contribution in [0.2, 0.25) is 0 Å². The maximum Gasteiger partial charge on any atom is 0.306 e. The van der Waals surface area contributed by atoms with E-state index in [1.807, 2.05) is 50.2 Å². The molecule has 1 aliphatic heterocycles. The number of fused-ring (bicyclic) bond motifs is 1. The zero-order valence-electron chi connectivity index (χ0n) is 14.8. The number of amides is 1. The average Bonchev–Trinajstić information content (AvgIpc) is 3.10. The van der Waals surface area contributed by atoms with Crippen molar-refractivity contribution in [3.63, 3.8) is 0 Å². The molecular weight excluding hydrogens is 334 g/mol. The third-order valence-electron chi connectivity index (χ3n) is 4.30. The van der Waals surface area contributed by atoms with Crippen LogP contribution in [0.15, 0.2) is 36.4 Å². The molecule has 0 radical (unpaired) electrons. The molecule has 1 aliphatic rings. The second-order valence-electron chi connectivity index (χ2n) is 6.14. The molecule has 0 atom stereocenters. The average molecular weight is 355 g/mol. The van der Waals surface area contributed by atoms with Gasteiger partial charge in [0, 0.05) is 12.1 Å². The van der Waals surface area contributed by atoms with Gasteiger partial charge in [-0.05, 0) is 55.2 Å². The summed E-state index contributed by atoms with van der Waals surface area (Å²) in [6.07, 6.45) is 0.699. The quantitative estimate of drug-likeness (QED) is 0.806. The highest BCUT2D eigenvalue weighted by Gasteiger charge is 2.14. The molecule has 2 aromatic rings. The number of rotatable bonds is 6. The molecular formula is C20H21NO5. The zero-order chi connectivity index (χ0) is 18.5. The predicted octanol–water partition coefficient (Wildman–Crippen LogP) is 3.15. The van der Waals surface area contributed by atoms with Gasteiger partial charge >= 0.3 is 5.97 Å². The van der Waals surface area contributed by atoms with Gasteiger partial charge in [0.1, 0.15) is 0 Å². The van der Waals surface area contributed by atoms with Crippen molar-refractivity contribution in [3.05, 3.63) is 53.1 Å². The first-order valence-electron chi connectivity index (χ1n) is 8.43. The Morgan fingerprint density at radius 2 is 1.92 bits per heavy atom. The van der Waals surface area contributed by atoms with Crippen LogP contribution in [-0.2, 0) is 20.7 Å². The lowest BCUT2D eigenvalue weighted by atomic mass is 10.1.